The first-order valence-corrected chi connectivity index (χ1v) is 6.21. The smallest absolute Gasteiger partial charge is 0.150 e. The monoisotopic (exact) mass is 248 g/mol. The molecular formula is C13H20N4O. The van der Waals surface area contributed by atoms with E-state index in [1.165, 1.54) is 0 Å². The van der Waals surface area contributed by atoms with Crippen molar-refractivity contribution in [3.05, 3.63) is 29.8 Å². The van der Waals surface area contributed by atoms with E-state index >= 15 is 0 Å². The number of benzene rings is 1. The van der Waals surface area contributed by atoms with Gasteiger partial charge in [-0.15, -0.1) is 0 Å². The molecule has 0 fully saturated rings. The first kappa shape index (κ1) is 12.7. The second-order valence-electron chi connectivity index (χ2n) is 4.68. The fraction of sp³-hybridized carbons (Fsp3) is 0.462. The first-order valence-electron chi connectivity index (χ1n) is 6.21. The van der Waals surface area contributed by atoms with Crippen molar-refractivity contribution in [3.8, 4) is 0 Å². The number of hydrogen-bond acceptors (Lipinski definition) is 5. The van der Waals surface area contributed by atoms with Crippen molar-refractivity contribution in [1.82, 2.24) is 10.3 Å². The number of anilines is 1. The van der Waals surface area contributed by atoms with Crippen molar-refractivity contribution >= 4 is 12.0 Å². The van der Waals surface area contributed by atoms with Crippen molar-refractivity contribution in [2.24, 2.45) is 5.10 Å². The van der Waals surface area contributed by atoms with E-state index in [2.05, 4.69) is 22.4 Å². The third-order valence-corrected chi connectivity index (χ3v) is 3.31. The van der Waals surface area contributed by atoms with Crippen LogP contribution in [0.4, 0.5) is 5.69 Å². The molecule has 1 unspecified atom stereocenters. The summed E-state index contributed by atoms with van der Waals surface area (Å²) in [5.74, 6) is 0. The van der Waals surface area contributed by atoms with Crippen LogP contribution in [-0.4, -0.2) is 29.5 Å². The van der Waals surface area contributed by atoms with Gasteiger partial charge in [0, 0.05) is 24.4 Å². The predicted octanol–water partition coefficient (Wildman–Crippen LogP) is 1.06. The van der Waals surface area contributed by atoms with Crippen LogP contribution >= 0.6 is 0 Å². The molecule has 0 aromatic heterocycles. The third-order valence-electron chi connectivity index (χ3n) is 3.31. The summed E-state index contributed by atoms with van der Waals surface area (Å²) in [7, 11) is 0. The van der Waals surface area contributed by atoms with E-state index in [0.29, 0.717) is 0 Å². The molecule has 5 nitrogen and oxygen atoms in total. The highest BCUT2D eigenvalue weighted by Crippen LogP contribution is 2.28. The SMILES string of the molecule is CC1(c2cccc(N)c2)NN=CN1CCCCO. The van der Waals surface area contributed by atoms with Gasteiger partial charge in [0.15, 0.2) is 5.66 Å². The Balaban J connectivity index is 2.14. The van der Waals surface area contributed by atoms with Gasteiger partial charge in [0.05, 0.1) is 0 Å². The van der Waals surface area contributed by atoms with Crippen LogP contribution in [0, 0.1) is 0 Å². The van der Waals surface area contributed by atoms with E-state index in [9.17, 15) is 0 Å². The molecule has 0 spiro atoms. The number of nitrogen functional groups attached to an aromatic ring is 1. The van der Waals surface area contributed by atoms with Gasteiger partial charge in [-0.05, 0) is 31.9 Å². The second-order valence-corrected chi connectivity index (χ2v) is 4.68. The van der Waals surface area contributed by atoms with E-state index in [1.54, 1.807) is 6.34 Å². The zero-order valence-corrected chi connectivity index (χ0v) is 10.6. The Kier molecular flexibility index (Phi) is 3.72. The first-order chi connectivity index (χ1) is 8.66. The van der Waals surface area contributed by atoms with Crippen LogP contribution < -0.4 is 11.2 Å². The second kappa shape index (κ2) is 5.27. The number of nitrogens with zero attached hydrogens (tertiary/aromatic N) is 2. The Labute approximate surface area is 107 Å². The predicted molar refractivity (Wildman–Crippen MR) is 72.9 cm³/mol. The van der Waals surface area contributed by atoms with E-state index in [-0.39, 0.29) is 12.3 Å². The third kappa shape index (κ3) is 2.41. The summed E-state index contributed by atoms with van der Waals surface area (Å²) in [5, 5.41) is 13.0. The summed E-state index contributed by atoms with van der Waals surface area (Å²) in [6, 6.07) is 7.82. The van der Waals surface area contributed by atoms with E-state index in [1.807, 2.05) is 24.3 Å². The molecule has 1 heterocycles. The number of hydrogen-bond donors (Lipinski definition) is 3. The molecule has 0 aliphatic carbocycles. The largest absolute Gasteiger partial charge is 0.399 e. The van der Waals surface area contributed by atoms with E-state index < -0.39 is 0 Å². The van der Waals surface area contributed by atoms with Gasteiger partial charge >= 0.3 is 0 Å². The lowest BCUT2D eigenvalue weighted by atomic mass is 10.00. The normalized spacial score (nSPS) is 22.2. The molecule has 0 amide bonds. The molecule has 0 saturated carbocycles. The minimum Gasteiger partial charge on any atom is -0.399 e. The molecule has 1 aromatic rings. The molecule has 98 valence electrons. The summed E-state index contributed by atoms with van der Waals surface area (Å²) < 4.78 is 0. The molecule has 18 heavy (non-hydrogen) atoms. The molecule has 5 heteroatoms. The van der Waals surface area contributed by atoms with Crippen LogP contribution in [0.1, 0.15) is 25.3 Å². The summed E-state index contributed by atoms with van der Waals surface area (Å²) in [5.41, 5.74) is 10.4. The van der Waals surface area contributed by atoms with Gasteiger partial charge in [-0.25, -0.2) is 0 Å². The Morgan fingerprint density at radius 1 is 1.44 bits per heavy atom. The number of nitrogens with two attached hydrogens (primary N) is 1. The van der Waals surface area contributed by atoms with Crippen LogP contribution in [0.3, 0.4) is 0 Å². The molecule has 1 aromatic carbocycles. The molecule has 1 aliphatic heterocycles. The van der Waals surface area contributed by atoms with Crippen LogP contribution in [-0.2, 0) is 5.66 Å². The Morgan fingerprint density at radius 3 is 3.00 bits per heavy atom. The summed E-state index contributed by atoms with van der Waals surface area (Å²) in [4.78, 5) is 2.14. The van der Waals surface area contributed by atoms with Gasteiger partial charge in [-0.3, -0.25) is 5.43 Å². The zero-order valence-electron chi connectivity index (χ0n) is 10.6. The standard InChI is InChI=1S/C13H20N4O/c1-13(11-5-4-6-12(14)9-11)16-15-10-17(13)7-2-3-8-18/h4-6,9-10,16,18H,2-3,7-8,14H2,1H3. The molecule has 4 N–H and O–H groups in total. The summed E-state index contributed by atoms with van der Waals surface area (Å²) in [6.45, 7) is 3.16. The lowest BCUT2D eigenvalue weighted by Gasteiger charge is -2.35. The van der Waals surface area contributed by atoms with E-state index in [4.69, 9.17) is 10.8 Å². The molecule has 0 radical (unpaired) electrons. The lowest BCUT2D eigenvalue weighted by molar-refractivity contribution is 0.174. The summed E-state index contributed by atoms with van der Waals surface area (Å²) in [6.07, 6.45) is 3.54. The highest BCUT2D eigenvalue weighted by atomic mass is 16.2. The van der Waals surface area contributed by atoms with Gasteiger partial charge < -0.3 is 15.7 Å². The molecule has 1 atom stereocenters. The van der Waals surface area contributed by atoms with Crippen LogP contribution in [0.25, 0.3) is 0 Å². The average Bonchev–Trinajstić information content (AvgIpc) is 2.73. The van der Waals surface area contributed by atoms with Crippen molar-refractivity contribution < 1.29 is 5.11 Å². The molecule has 0 bridgehead atoms. The van der Waals surface area contributed by atoms with E-state index in [0.717, 1.165) is 30.6 Å². The maximum absolute atomic E-state index is 8.84. The zero-order chi connectivity index (χ0) is 13.0. The van der Waals surface area contributed by atoms with Crippen LogP contribution in [0.2, 0.25) is 0 Å². The van der Waals surface area contributed by atoms with Crippen molar-refractivity contribution in [1.29, 1.82) is 0 Å². The number of rotatable bonds is 5. The van der Waals surface area contributed by atoms with Crippen LogP contribution in [0.15, 0.2) is 29.4 Å². The van der Waals surface area contributed by atoms with Crippen molar-refractivity contribution in [3.63, 3.8) is 0 Å². The average molecular weight is 248 g/mol. The van der Waals surface area contributed by atoms with Gasteiger partial charge in [0.25, 0.3) is 0 Å². The number of aliphatic hydroxyl groups is 1. The number of nitrogens with one attached hydrogen (secondary N) is 1. The number of unbranched alkanes of at least 4 members (excludes halogenated alkanes) is 1. The summed E-state index contributed by atoms with van der Waals surface area (Å²) >= 11 is 0. The topological polar surface area (TPSA) is 73.9 Å². The highest BCUT2D eigenvalue weighted by molar-refractivity contribution is 5.60. The fourth-order valence-corrected chi connectivity index (χ4v) is 2.15. The Hall–Kier alpha value is -1.75. The molecule has 2 rings (SSSR count). The minimum absolute atomic E-state index is 0.230. The van der Waals surface area contributed by atoms with Gasteiger partial charge in [-0.1, -0.05) is 12.1 Å². The van der Waals surface area contributed by atoms with Gasteiger partial charge in [-0.2, -0.15) is 5.10 Å². The lowest BCUT2D eigenvalue weighted by Crippen LogP contribution is -2.47. The van der Waals surface area contributed by atoms with Crippen LogP contribution in [0.5, 0.6) is 0 Å². The minimum atomic E-state index is -0.356. The maximum Gasteiger partial charge on any atom is 0.150 e. The highest BCUT2D eigenvalue weighted by Gasteiger charge is 2.35. The Morgan fingerprint density at radius 2 is 2.28 bits per heavy atom. The fourth-order valence-electron chi connectivity index (χ4n) is 2.15. The molecular weight excluding hydrogens is 228 g/mol. The quantitative estimate of drug-likeness (QED) is 0.538. The van der Waals surface area contributed by atoms with Gasteiger partial charge in [0.1, 0.15) is 6.34 Å². The Bertz CT molecular complexity index is 435. The molecule has 0 saturated heterocycles. The van der Waals surface area contributed by atoms with Crippen molar-refractivity contribution in [2.75, 3.05) is 18.9 Å². The van der Waals surface area contributed by atoms with Gasteiger partial charge in [0.2, 0.25) is 0 Å². The van der Waals surface area contributed by atoms with Crippen molar-refractivity contribution in [2.45, 2.75) is 25.4 Å². The number of hydrazone groups is 1. The number of aliphatic hydroxyl groups excluding tert-OH is 1. The maximum atomic E-state index is 8.84. The molecule has 1 aliphatic rings.